The van der Waals surface area contributed by atoms with Gasteiger partial charge in [-0.2, -0.15) is 0 Å². The van der Waals surface area contributed by atoms with Crippen LogP contribution in [0.3, 0.4) is 0 Å². The lowest BCUT2D eigenvalue weighted by Gasteiger charge is -2.25. The molecule has 0 saturated heterocycles. The lowest BCUT2D eigenvalue weighted by atomic mass is 9.74. The molecule has 0 radical (unpaired) electrons. The zero-order valence-electron chi connectivity index (χ0n) is 8.72. The third-order valence-electron chi connectivity index (χ3n) is 3.05. The van der Waals surface area contributed by atoms with Crippen molar-refractivity contribution in [2.24, 2.45) is 0 Å². The largest absolute Gasteiger partial charge is 0.475 e. The molecule has 3 heteroatoms. The molecule has 0 fully saturated rings. The molecule has 82 valence electrons. The number of rotatable bonds is 3. The Morgan fingerprint density at radius 2 is 1.62 bits per heavy atom. The smallest absolute Gasteiger partial charge is 0.373 e. The summed E-state index contributed by atoms with van der Waals surface area (Å²) in [4.78, 5) is 22.7. The van der Waals surface area contributed by atoms with Crippen molar-refractivity contribution in [1.82, 2.24) is 0 Å². The number of carbonyl (C=O) groups is 2. The number of allylic oxidation sites excluding steroid dienone is 2. The number of aliphatic carboxylic acids is 1. The Kier molecular flexibility index (Phi) is 2.60. The number of hydrogen-bond donors (Lipinski definition) is 1. The maximum absolute atomic E-state index is 11.8. The van der Waals surface area contributed by atoms with E-state index >= 15 is 0 Å². The molecular formula is C13H12O3. The highest BCUT2D eigenvalue weighted by molar-refractivity contribution is 6.36. The van der Waals surface area contributed by atoms with Crippen LogP contribution in [-0.2, 0) is 15.0 Å². The molecule has 0 atom stereocenters. The normalized spacial score (nSPS) is 17.2. The number of benzene rings is 1. The minimum atomic E-state index is -1.35. The predicted octanol–water partition coefficient (Wildman–Crippen LogP) is 1.93. The summed E-state index contributed by atoms with van der Waals surface area (Å²) >= 11 is 0. The fraction of sp³-hybridized carbons (Fsp3) is 0.231. The molecule has 0 aliphatic heterocycles. The Hall–Kier alpha value is -1.90. The van der Waals surface area contributed by atoms with Crippen LogP contribution < -0.4 is 0 Å². The molecule has 0 aromatic heterocycles. The number of carbonyl (C=O) groups excluding carboxylic acids is 1. The van der Waals surface area contributed by atoms with Gasteiger partial charge in [0.2, 0.25) is 0 Å². The van der Waals surface area contributed by atoms with Gasteiger partial charge in [0.25, 0.3) is 5.78 Å². The third kappa shape index (κ3) is 1.54. The van der Waals surface area contributed by atoms with E-state index in [1.54, 1.807) is 0 Å². The fourth-order valence-corrected chi connectivity index (χ4v) is 2.17. The summed E-state index contributed by atoms with van der Waals surface area (Å²) in [6, 6.07) is 9.13. The van der Waals surface area contributed by atoms with E-state index in [1.807, 2.05) is 42.5 Å². The molecule has 2 rings (SSSR count). The van der Waals surface area contributed by atoms with Gasteiger partial charge in [-0.3, -0.25) is 4.79 Å². The van der Waals surface area contributed by atoms with Gasteiger partial charge >= 0.3 is 5.97 Å². The van der Waals surface area contributed by atoms with Crippen molar-refractivity contribution in [2.45, 2.75) is 18.3 Å². The maximum atomic E-state index is 11.8. The van der Waals surface area contributed by atoms with E-state index in [2.05, 4.69) is 0 Å². The summed E-state index contributed by atoms with van der Waals surface area (Å²) in [5.74, 6) is -2.07. The van der Waals surface area contributed by atoms with Crippen LogP contribution in [0, 0.1) is 0 Å². The minimum Gasteiger partial charge on any atom is -0.475 e. The summed E-state index contributed by atoms with van der Waals surface area (Å²) in [5.41, 5.74) is -0.0972. The second kappa shape index (κ2) is 3.93. The number of Topliss-reactive ketones (excluding diaryl/α,β-unsaturated/α-hetero) is 1. The van der Waals surface area contributed by atoms with E-state index in [0.29, 0.717) is 12.8 Å². The first-order valence-electron chi connectivity index (χ1n) is 5.15. The van der Waals surface area contributed by atoms with E-state index in [4.69, 9.17) is 5.11 Å². The van der Waals surface area contributed by atoms with Crippen molar-refractivity contribution in [3.63, 3.8) is 0 Å². The van der Waals surface area contributed by atoms with Gasteiger partial charge in [0.05, 0.1) is 5.41 Å². The lowest BCUT2D eigenvalue weighted by Crippen LogP contribution is -2.38. The van der Waals surface area contributed by atoms with E-state index in [1.165, 1.54) is 0 Å². The summed E-state index contributed by atoms with van der Waals surface area (Å²) in [7, 11) is 0. The second-order valence-corrected chi connectivity index (χ2v) is 3.96. The van der Waals surface area contributed by atoms with Crippen LogP contribution in [0.25, 0.3) is 0 Å². The van der Waals surface area contributed by atoms with Crippen LogP contribution in [0.5, 0.6) is 0 Å². The molecule has 3 nitrogen and oxygen atoms in total. The zero-order chi connectivity index (χ0) is 11.6. The van der Waals surface area contributed by atoms with Crippen molar-refractivity contribution in [3.8, 4) is 0 Å². The van der Waals surface area contributed by atoms with E-state index in [0.717, 1.165) is 5.56 Å². The van der Waals surface area contributed by atoms with E-state index in [-0.39, 0.29) is 0 Å². The summed E-state index contributed by atoms with van der Waals surface area (Å²) in [5, 5.41) is 8.89. The van der Waals surface area contributed by atoms with Gasteiger partial charge in [0.1, 0.15) is 0 Å². The summed E-state index contributed by atoms with van der Waals surface area (Å²) in [6.07, 6.45) is 4.69. The summed E-state index contributed by atoms with van der Waals surface area (Å²) in [6.45, 7) is 0. The van der Waals surface area contributed by atoms with Crippen LogP contribution in [0.2, 0.25) is 0 Å². The predicted molar refractivity (Wildman–Crippen MR) is 59.1 cm³/mol. The van der Waals surface area contributed by atoms with Crippen molar-refractivity contribution in [1.29, 1.82) is 0 Å². The molecule has 0 heterocycles. The van der Waals surface area contributed by atoms with Gasteiger partial charge in [-0.1, -0.05) is 42.5 Å². The average Bonchev–Trinajstić information content (AvgIpc) is 2.79. The Morgan fingerprint density at radius 3 is 2.12 bits per heavy atom. The topological polar surface area (TPSA) is 54.4 Å². The molecule has 16 heavy (non-hydrogen) atoms. The SMILES string of the molecule is O=C(O)C(=O)C1(c2ccccc2)CC=CC1. The minimum absolute atomic E-state index is 0.474. The highest BCUT2D eigenvalue weighted by atomic mass is 16.4. The number of ketones is 1. The van der Waals surface area contributed by atoms with E-state index in [9.17, 15) is 9.59 Å². The molecule has 0 amide bonds. The molecule has 0 bridgehead atoms. The number of carboxylic acid groups (broad SMARTS) is 1. The first-order valence-corrected chi connectivity index (χ1v) is 5.15. The monoisotopic (exact) mass is 216 g/mol. The van der Waals surface area contributed by atoms with Crippen LogP contribution >= 0.6 is 0 Å². The van der Waals surface area contributed by atoms with Crippen LogP contribution in [0.15, 0.2) is 42.5 Å². The molecule has 1 N–H and O–H groups in total. The highest BCUT2D eigenvalue weighted by Gasteiger charge is 2.43. The Bertz CT molecular complexity index is 438. The third-order valence-corrected chi connectivity index (χ3v) is 3.05. The molecule has 0 saturated carbocycles. The van der Waals surface area contributed by atoms with Crippen LogP contribution in [0.1, 0.15) is 18.4 Å². The fourth-order valence-electron chi connectivity index (χ4n) is 2.17. The van der Waals surface area contributed by atoms with Gasteiger partial charge in [-0.25, -0.2) is 4.79 Å². The average molecular weight is 216 g/mol. The van der Waals surface area contributed by atoms with Crippen LogP contribution in [-0.4, -0.2) is 16.9 Å². The van der Waals surface area contributed by atoms with Crippen molar-refractivity contribution in [3.05, 3.63) is 48.0 Å². The molecule has 0 spiro atoms. The van der Waals surface area contributed by atoms with Gasteiger partial charge < -0.3 is 5.11 Å². The second-order valence-electron chi connectivity index (χ2n) is 3.96. The van der Waals surface area contributed by atoms with Crippen molar-refractivity contribution < 1.29 is 14.7 Å². The van der Waals surface area contributed by atoms with Gasteiger partial charge in [0, 0.05) is 0 Å². The van der Waals surface area contributed by atoms with Gasteiger partial charge in [0.15, 0.2) is 0 Å². The highest BCUT2D eigenvalue weighted by Crippen LogP contribution is 2.37. The Balaban J connectivity index is 2.45. The van der Waals surface area contributed by atoms with Crippen molar-refractivity contribution >= 4 is 11.8 Å². The quantitative estimate of drug-likeness (QED) is 0.620. The standard InChI is InChI=1S/C13H12O3/c14-11(12(15)16)13(8-4-5-9-13)10-6-2-1-3-7-10/h1-7H,8-9H2,(H,15,16). The zero-order valence-corrected chi connectivity index (χ0v) is 8.72. The molecule has 1 aromatic carbocycles. The number of hydrogen-bond acceptors (Lipinski definition) is 2. The molecule has 1 aliphatic rings. The van der Waals surface area contributed by atoms with Gasteiger partial charge in [-0.15, -0.1) is 0 Å². The van der Waals surface area contributed by atoms with Crippen LogP contribution in [0.4, 0.5) is 0 Å². The molecule has 1 aromatic rings. The maximum Gasteiger partial charge on any atom is 0.373 e. The van der Waals surface area contributed by atoms with E-state index < -0.39 is 17.2 Å². The Labute approximate surface area is 93.4 Å². The summed E-state index contributed by atoms with van der Waals surface area (Å²) < 4.78 is 0. The molecular weight excluding hydrogens is 204 g/mol. The molecule has 0 unspecified atom stereocenters. The lowest BCUT2D eigenvalue weighted by molar-refractivity contribution is -0.151. The number of carboxylic acids is 1. The van der Waals surface area contributed by atoms with Gasteiger partial charge in [-0.05, 0) is 18.4 Å². The van der Waals surface area contributed by atoms with Crippen molar-refractivity contribution in [2.75, 3.05) is 0 Å². The Morgan fingerprint density at radius 1 is 1.06 bits per heavy atom. The first-order chi connectivity index (χ1) is 7.67. The first kappa shape index (κ1) is 10.6. The molecule has 1 aliphatic carbocycles.